The number of hydrogen-bond acceptors (Lipinski definition) is 3. The highest BCUT2D eigenvalue weighted by atomic mass is 32.1. The van der Waals surface area contributed by atoms with Crippen LogP contribution in [0.4, 0.5) is 0 Å². The lowest BCUT2D eigenvalue weighted by molar-refractivity contribution is -0.127. The zero-order valence-electron chi connectivity index (χ0n) is 9.39. The Bertz CT molecular complexity index is 357. The van der Waals surface area contributed by atoms with Crippen molar-refractivity contribution in [1.82, 2.24) is 4.90 Å². The van der Waals surface area contributed by atoms with Crippen LogP contribution in [0.2, 0.25) is 0 Å². The second-order valence-corrected chi connectivity index (χ2v) is 5.97. The number of thiophene rings is 1. The maximum atomic E-state index is 11.6. The molecule has 2 aliphatic heterocycles. The van der Waals surface area contributed by atoms with Crippen molar-refractivity contribution in [2.45, 2.75) is 50.7 Å². The molecule has 0 saturated carbocycles. The molecule has 3 heterocycles. The molecule has 1 aromatic rings. The molecule has 2 aliphatic rings. The minimum Gasteiger partial charge on any atom is -0.300 e. The Morgan fingerprint density at radius 1 is 1.31 bits per heavy atom. The first-order valence-electron chi connectivity index (χ1n) is 6.13. The van der Waals surface area contributed by atoms with Crippen molar-refractivity contribution in [2.75, 3.05) is 0 Å². The van der Waals surface area contributed by atoms with Crippen molar-refractivity contribution in [3.05, 3.63) is 22.4 Å². The largest absolute Gasteiger partial charge is 0.300 e. The van der Waals surface area contributed by atoms with Crippen LogP contribution in [-0.4, -0.2) is 22.8 Å². The minimum absolute atomic E-state index is 0.483. The molecule has 0 radical (unpaired) electrons. The smallest absolute Gasteiger partial charge is 0.136 e. The minimum atomic E-state index is 0.483. The fourth-order valence-electron chi connectivity index (χ4n) is 3.11. The average Bonchev–Trinajstić information content (AvgIpc) is 2.72. The van der Waals surface area contributed by atoms with Crippen LogP contribution >= 0.6 is 11.3 Å². The summed E-state index contributed by atoms with van der Waals surface area (Å²) in [6.07, 6.45) is 5.33. The molecule has 2 saturated heterocycles. The monoisotopic (exact) mass is 235 g/mol. The third kappa shape index (κ3) is 1.94. The average molecular weight is 235 g/mol. The van der Waals surface area contributed by atoms with E-state index in [0.29, 0.717) is 17.9 Å². The molecule has 0 amide bonds. The van der Waals surface area contributed by atoms with Crippen LogP contribution in [0.15, 0.2) is 17.5 Å². The second kappa shape index (κ2) is 4.30. The van der Waals surface area contributed by atoms with Gasteiger partial charge in [-0.15, -0.1) is 11.3 Å². The SMILES string of the molecule is O=C1CC2CCCC(C1)N2Cc1cccs1. The first kappa shape index (κ1) is 10.5. The van der Waals surface area contributed by atoms with Crippen molar-refractivity contribution in [1.29, 1.82) is 0 Å². The van der Waals surface area contributed by atoms with Crippen LogP contribution in [0, 0.1) is 0 Å². The molecular weight excluding hydrogens is 218 g/mol. The van der Waals surface area contributed by atoms with Gasteiger partial charge in [0, 0.05) is 36.3 Å². The third-order valence-corrected chi connectivity index (χ3v) is 4.72. The van der Waals surface area contributed by atoms with Crippen LogP contribution in [0.3, 0.4) is 0 Å². The highest BCUT2D eigenvalue weighted by Gasteiger charge is 2.37. The molecule has 86 valence electrons. The highest BCUT2D eigenvalue weighted by Crippen LogP contribution is 2.33. The number of carbonyl (C=O) groups excluding carboxylic acids is 1. The molecule has 3 heteroatoms. The topological polar surface area (TPSA) is 20.3 Å². The standard InChI is InChI=1S/C13H17NOS/c15-12-7-10-3-1-4-11(8-12)14(10)9-13-5-2-6-16-13/h2,5-6,10-11H,1,3-4,7-9H2. The van der Waals surface area contributed by atoms with Crippen LogP contribution in [0.5, 0.6) is 0 Å². The normalized spacial score (nSPS) is 30.6. The van der Waals surface area contributed by atoms with E-state index >= 15 is 0 Å². The van der Waals surface area contributed by atoms with E-state index in [4.69, 9.17) is 0 Å². The van der Waals surface area contributed by atoms with Gasteiger partial charge < -0.3 is 0 Å². The van der Waals surface area contributed by atoms with Gasteiger partial charge in [-0.1, -0.05) is 12.5 Å². The van der Waals surface area contributed by atoms with Gasteiger partial charge in [0.15, 0.2) is 0 Å². The van der Waals surface area contributed by atoms with Crippen LogP contribution in [-0.2, 0) is 11.3 Å². The number of carbonyl (C=O) groups is 1. The summed E-state index contributed by atoms with van der Waals surface area (Å²) >= 11 is 1.83. The lowest BCUT2D eigenvalue weighted by Gasteiger charge is -2.45. The molecule has 2 unspecified atom stereocenters. The van der Waals surface area contributed by atoms with Gasteiger partial charge in [-0.2, -0.15) is 0 Å². The predicted molar refractivity (Wildman–Crippen MR) is 65.5 cm³/mol. The van der Waals surface area contributed by atoms with Gasteiger partial charge in [0.05, 0.1) is 0 Å². The van der Waals surface area contributed by atoms with E-state index in [2.05, 4.69) is 22.4 Å². The summed E-state index contributed by atoms with van der Waals surface area (Å²) in [7, 11) is 0. The summed E-state index contributed by atoms with van der Waals surface area (Å²) in [5.74, 6) is 0.483. The predicted octanol–water partition coefficient (Wildman–Crippen LogP) is 2.83. The summed E-state index contributed by atoms with van der Waals surface area (Å²) in [6, 6.07) is 5.38. The van der Waals surface area contributed by atoms with E-state index in [0.717, 1.165) is 19.4 Å². The molecule has 1 aromatic heterocycles. The fourth-order valence-corrected chi connectivity index (χ4v) is 3.82. The molecule has 0 aromatic carbocycles. The van der Waals surface area contributed by atoms with E-state index in [9.17, 15) is 4.79 Å². The molecular formula is C13H17NOS. The number of ketones is 1. The Morgan fingerprint density at radius 3 is 2.69 bits per heavy atom. The first-order chi connectivity index (χ1) is 7.83. The van der Waals surface area contributed by atoms with Gasteiger partial charge in [-0.25, -0.2) is 0 Å². The fraction of sp³-hybridized carbons (Fsp3) is 0.615. The van der Waals surface area contributed by atoms with Gasteiger partial charge in [0.25, 0.3) is 0 Å². The number of Topliss-reactive ketones (excluding diaryl/α,β-unsaturated/α-hetero) is 1. The third-order valence-electron chi connectivity index (χ3n) is 3.86. The van der Waals surface area contributed by atoms with Gasteiger partial charge in [-0.05, 0) is 24.3 Å². The molecule has 2 nitrogen and oxygen atoms in total. The Labute approximate surface area is 100 Å². The Balaban J connectivity index is 1.76. The van der Waals surface area contributed by atoms with Crippen LogP contribution < -0.4 is 0 Å². The Kier molecular flexibility index (Phi) is 2.82. The molecule has 0 spiro atoms. The zero-order chi connectivity index (χ0) is 11.0. The van der Waals surface area contributed by atoms with Gasteiger partial charge in [0.2, 0.25) is 0 Å². The van der Waals surface area contributed by atoms with Gasteiger partial charge in [-0.3, -0.25) is 9.69 Å². The van der Waals surface area contributed by atoms with E-state index < -0.39 is 0 Å². The number of hydrogen-bond donors (Lipinski definition) is 0. The number of piperidine rings is 2. The summed E-state index contributed by atoms with van der Waals surface area (Å²) in [5.41, 5.74) is 0. The summed E-state index contributed by atoms with van der Waals surface area (Å²) < 4.78 is 0. The van der Waals surface area contributed by atoms with Crippen molar-refractivity contribution < 1.29 is 4.79 Å². The summed E-state index contributed by atoms with van der Waals surface area (Å²) in [4.78, 5) is 15.6. The van der Waals surface area contributed by atoms with Crippen molar-refractivity contribution >= 4 is 17.1 Å². The van der Waals surface area contributed by atoms with Gasteiger partial charge in [0.1, 0.15) is 5.78 Å². The van der Waals surface area contributed by atoms with Crippen LogP contribution in [0.1, 0.15) is 37.0 Å². The maximum Gasteiger partial charge on any atom is 0.136 e. The molecule has 2 bridgehead atoms. The summed E-state index contributed by atoms with van der Waals surface area (Å²) in [5, 5.41) is 2.14. The Hall–Kier alpha value is -0.670. The van der Waals surface area contributed by atoms with Crippen LogP contribution in [0.25, 0.3) is 0 Å². The second-order valence-electron chi connectivity index (χ2n) is 4.94. The van der Waals surface area contributed by atoms with E-state index in [1.165, 1.54) is 24.1 Å². The quantitative estimate of drug-likeness (QED) is 0.785. The maximum absolute atomic E-state index is 11.6. The molecule has 0 aliphatic carbocycles. The zero-order valence-corrected chi connectivity index (χ0v) is 10.2. The van der Waals surface area contributed by atoms with Crippen molar-refractivity contribution in [2.24, 2.45) is 0 Å². The van der Waals surface area contributed by atoms with E-state index in [1.807, 2.05) is 11.3 Å². The lowest BCUT2D eigenvalue weighted by atomic mass is 9.84. The van der Waals surface area contributed by atoms with Gasteiger partial charge >= 0.3 is 0 Å². The molecule has 3 rings (SSSR count). The molecule has 2 fully saturated rings. The lowest BCUT2D eigenvalue weighted by Crippen LogP contribution is -2.51. The Morgan fingerprint density at radius 2 is 2.06 bits per heavy atom. The van der Waals surface area contributed by atoms with E-state index in [-0.39, 0.29) is 0 Å². The first-order valence-corrected chi connectivity index (χ1v) is 7.01. The molecule has 0 N–H and O–H groups in total. The van der Waals surface area contributed by atoms with Crippen molar-refractivity contribution in [3.63, 3.8) is 0 Å². The number of fused-ring (bicyclic) bond motifs is 2. The summed E-state index contributed by atoms with van der Waals surface area (Å²) in [6.45, 7) is 1.06. The van der Waals surface area contributed by atoms with E-state index in [1.54, 1.807) is 0 Å². The highest BCUT2D eigenvalue weighted by molar-refractivity contribution is 7.09. The molecule has 16 heavy (non-hydrogen) atoms. The number of rotatable bonds is 2. The van der Waals surface area contributed by atoms with Crippen molar-refractivity contribution in [3.8, 4) is 0 Å². The molecule has 2 atom stereocenters. The number of nitrogens with zero attached hydrogens (tertiary/aromatic N) is 1.